The van der Waals surface area contributed by atoms with Crippen molar-refractivity contribution in [1.29, 1.82) is 0 Å². The third-order valence-corrected chi connectivity index (χ3v) is 4.75. The van der Waals surface area contributed by atoms with Crippen molar-refractivity contribution in [1.82, 2.24) is 5.43 Å². The Bertz CT molecular complexity index is 958. The van der Waals surface area contributed by atoms with Crippen LogP contribution in [0, 0.1) is 0 Å². The van der Waals surface area contributed by atoms with Crippen LogP contribution in [0.1, 0.15) is 61.9 Å². The molecule has 8 nitrogen and oxygen atoms in total. The second-order valence-electron chi connectivity index (χ2n) is 7.20. The molecule has 0 bridgehead atoms. The molecule has 0 heterocycles. The molecule has 0 radical (unpaired) electrons. The summed E-state index contributed by atoms with van der Waals surface area (Å²) in [6.07, 6.45) is 6.11. The molecule has 1 amide bonds. The van der Waals surface area contributed by atoms with Crippen molar-refractivity contribution in [2.45, 2.75) is 46.0 Å². The zero-order chi connectivity index (χ0) is 24.1. The number of carbonyl (C=O) groups is 2. The Hall–Kier alpha value is -3.55. The summed E-state index contributed by atoms with van der Waals surface area (Å²) < 4.78 is 21.6. The van der Waals surface area contributed by atoms with Gasteiger partial charge in [-0.15, -0.1) is 0 Å². The molecule has 0 unspecified atom stereocenters. The van der Waals surface area contributed by atoms with Gasteiger partial charge in [0.15, 0.2) is 23.0 Å². The van der Waals surface area contributed by atoms with Crippen LogP contribution < -0.4 is 24.4 Å². The lowest BCUT2D eigenvalue weighted by Gasteiger charge is -2.12. The Morgan fingerprint density at radius 2 is 1.67 bits per heavy atom. The average molecular weight is 457 g/mol. The maximum Gasteiger partial charge on any atom is 0.343 e. The Balaban J connectivity index is 2.05. The van der Waals surface area contributed by atoms with Crippen LogP contribution in [0.3, 0.4) is 0 Å². The van der Waals surface area contributed by atoms with E-state index in [1.165, 1.54) is 20.4 Å². The summed E-state index contributed by atoms with van der Waals surface area (Å²) in [5.74, 6) is 0.924. The van der Waals surface area contributed by atoms with Crippen LogP contribution in [0.25, 0.3) is 0 Å². The SMILES string of the molecule is CCCCCCC(=O)N/N=C/c1ccc(OC(=O)c2ccc(OC)c(OC)c2)c(OCC)c1. The largest absolute Gasteiger partial charge is 0.493 e. The fraction of sp³-hybridized carbons (Fsp3) is 0.400. The molecule has 0 saturated carbocycles. The number of carbonyl (C=O) groups excluding carboxylic acids is 2. The molecular weight excluding hydrogens is 424 g/mol. The van der Waals surface area contributed by atoms with Gasteiger partial charge in [0.05, 0.1) is 32.6 Å². The Labute approximate surface area is 194 Å². The van der Waals surface area contributed by atoms with Crippen LogP contribution in [-0.4, -0.2) is 38.9 Å². The molecule has 0 fully saturated rings. The molecule has 2 aromatic carbocycles. The van der Waals surface area contributed by atoms with E-state index in [4.69, 9.17) is 18.9 Å². The van der Waals surface area contributed by atoms with E-state index in [1.807, 2.05) is 6.92 Å². The maximum atomic E-state index is 12.6. The number of rotatable bonds is 13. The van der Waals surface area contributed by atoms with Gasteiger partial charge in [-0.2, -0.15) is 5.10 Å². The number of hydrazone groups is 1. The lowest BCUT2D eigenvalue weighted by atomic mass is 10.1. The summed E-state index contributed by atoms with van der Waals surface area (Å²) in [6, 6.07) is 9.81. The fourth-order valence-electron chi connectivity index (χ4n) is 3.03. The van der Waals surface area contributed by atoms with E-state index in [-0.39, 0.29) is 11.7 Å². The lowest BCUT2D eigenvalue weighted by molar-refractivity contribution is -0.121. The molecule has 0 aliphatic heterocycles. The van der Waals surface area contributed by atoms with Crippen molar-refractivity contribution in [3.8, 4) is 23.0 Å². The number of benzene rings is 2. The summed E-state index contributed by atoms with van der Waals surface area (Å²) in [5, 5.41) is 4.00. The summed E-state index contributed by atoms with van der Waals surface area (Å²) in [5.41, 5.74) is 3.53. The Morgan fingerprint density at radius 1 is 0.909 bits per heavy atom. The van der Waals surface area contributed by atoms with E-state index in [1.54, 1.807) is 36.4 Å². The Morgan fingerprint density at radius 3 is 2.36 bits per heavy atom. The van der Waals surface area contributed by atoms with E-state index in [2.05, 4.69) is 17.5 Å². The highest BCUT2D eigenvalue weighted by Crippen LogP contribution is 2.31. The van der Waals surface area contributed by atoms with Gasteiger partial charge in [0, 0.05) is 6.42 Å². The highest BCUT2D eigenvalue weighted by atomic mass is 16.6. The zero-order valence-corrected chi connectivity index (χ0v) is 19.7. The first-order valence-electron chi connectivity index (χ1n) is 11.0. The van der Waals surface area contributed by atoms with Gasteiger partial charge >= 0.3 is 5.97 Å². The van der Waals surface area contributed by atoms with Gasteiger partial charge in [0.2, 0.25) is 5.91 Å². The third-order valence-electron chi connectivity index (χ3n) is 4.75. The number of methoxy groups -OCH3 is 2. The summed E-state index contributed by atoms with van der Waals surface area (Å²) in [7, 11) is 3.02. The van der Waals surface area contributed by atoms with Gasteiger partial charge < -0.3 is 18.9 Å². The monoisotopic (exact) mass is 456 g/mol. The Kier molecular flexibility index (Phi) is 10.7. The van der Waals surface area contributed by atoms with Crippen LogP contribution >= 0.6 is 0 Å². The molecule has 2 aromatic rings. The number of unbranched alkanes of at least 4 members (excludes halogenated alkanes) is 3. The van der Waals surface area contributed by atoms with E-state index < -0.39 is 5.97 Å². The molecule has 0 spiro atoms. The molecule has 0 aliphatic carbocycles. The van der Waals surface area contributed by atoms with Gasteiger partial charge in [-0.1, -0.05) is 26.2 Å². The van der Waals surface area contributed by atoms with Gasteiger partial charge in [0.1, 0.15) is 0 Å². The van der Waals surface area contributed by atoms with Gasteiger partial charge in [-0.25, -0.2) is 10.2 Å². The van der Waals surface area contributed by atoms with Crippen LogP contribution in [0.5, 0.6) is 23.0 Å². The molecule has 0 atom stereocenters. The second-order valence-corrected chi connectivity index (χ2v) is 7.20. The van der Waals surface area contributed by atoms with Crippen LogP contribution in [0.2, 0.25) is 0 Å². The molecular formula is C25H32N2O6. The number of nitrogens with one attached hydrogen (secondary N) is 1. The fourth-order valence-corrected chi connectivity index (χ4v) is 3.03. The van der Waals surface area contributed by atoms with E-state index in [0.717, 1.165) is 25.7 Å². The number of hydrogen-bond donors (Lipinski definition) is 1. The van der Waals surface area contributed by atoms with Crippen molar-refractivity contribution >= 4 is 18.1 Å². The van der Waals surface area contributed by atoms with Crippen molar-refractivity contribution in [2.75, 3.05) is 20.8 Å². The number of ether oxygens (including phenoxy) is 4. The minimum Gasteiger partial charge on any atom is -0.493 e. The van der Waals surface area contributed by atoms with Crippen molar-refractivity contribution in [2.24, 2.45) is 5.10 Å². The number of nitrogens with zero attached hydrogens (tertiary/aromatic N) is 1. The van der Waals surface area contributed by atoms with Gasteiger partial charge in [-0.05, 0) is 55.3 Å². The molecule has 0 aliphatic rings. The minimum atomic E-state index is -0.561. The van der Waals surface area contributed by atoms with Crippen LogP contribution in [0.15, 0.2) is 41.5 Å². The zero-order valence-electron chi connectivity index (χ0n) is 19.7. The first kappa shape index (κ1) is 25.7. The van der Waals surface area contributed by atoms with Crippen molar-refractivity contribution in [3.05, 3.63) is 47.5 Å². The molecule has 178 valence electrons. The normalized spacial score (nSPS) is 10.7. The lowest BCUT2D eigenvalue weighted by Crippen LogP contribution is -2.16. The second kappa shape index (κ2) is 13.8. The average Bonchev–Trinajstić information content (AvgIpc) is 2.83. The quantitative estimate of drug-likeness (QED) is 0.154. The van der Waals surface area contributed by atoms with Crippen molar-refractivity contribution in [3.63, 3.8) is 0 Å². The molecule has 8 heteroatoms. The van der Waals surface area contributed by atoms with E-state index in [9.17, 15) is 9.59 Å². The summed E-state index contributed by atoms with van der Waals surface area (Å²) in [6.45, 7) is 4.35. The number of amides is 1. The molecule has 0 saturated heterocycles. The smallest absolute Gasteiger partial charge is 0.343 e. The molecule has 1 N–H and O–H groups in total. The first-order chi connectivity index (χ1) is 16.0. The minimum absolute atomic E-state index is 0.118. The molecule has 0 aromatic heterocycles. The highest BCUT2D eigenvalue weighted by Gasteiger charge is 2.16. The summed E-state index contributed by atoms with van der Waals surface area (Å²) in [4.78, 5) is 24.5. The number of esters is 1. The van der Waals surface area contributed by atoms with Crippen molar-refractivity contribution < 1.29 is 28.5 Å². The predicted molar refractivity (Wildman–Crippen MR) is 127 cm³/mol. The van der Waals surface area contributed by atoms with Crippen LogP contribution in [0.4, 0.5) is 0 Å². The van der Waals surface area contributed by atoms with E-state index in [0.29, 0.717) is 41.4 Å². The molecule has 2 rings (SSSR count). The van der Waals surface area contributed by atoms with Gasteiger partial charge in [0.25, 0.3) is 0 Å². The number of hydrogen-bond acceptors (Lipinski definition) is 7. The summed E-state index contributed by atoms with van der Waals surface area (Å²) >= 11 is 0. The molecule has 33 heavy (non-hydrogen) atoms. The predicted octanol–water partition coefficient (Wildman–Crippen LogP) is 4.74. The van der Waals surface area contributed by atoms with E-state index >= 15 is 0 Å². The van der Waals surface area contributed by atoms with Crippen LogP contribution in [-0.2, 0) is 4.79 Å². The maximum absolute atomic E-state index is 12.6. The standard InChI is InChI=1S/C25H32N2O6/c1-5-7-8-9-10-24(28)27-26-17-18-11-13-21(23(15-18)32-6-2)33-25(29)19-12-14-20(30-3)22(16-19)31-4/h11-17H,5-10H2,1-4H3,(H,27,28)/b26-17+. The topological polar surface area (TPSA) is 95.5 Å². The first-order valence-corrected chi connectivity index (χ1v) is 11.0. The van der Waals surface area contributed by atoms with Gasteiger partial charge in [-0.3, -0.25) is 4.79 Å². The highest BCUT2D eigenvalue weighted by molar-refractivity contribution is 5.92. The third kappa shape index (κ3) is 8.14.